The van der Waals surface area contributed by atoms with Crippen molar-refractivity contribution in [2.45, 2.75) is 18.6 Å². The largest absolute Gasteiger partial charge is 0.371 e. The summed E-state index contributed by atoms with van der Waals surface area (Å²) in [6, 6.07) is 5.43. The number of pyridine rings is 1. The molecule has 2 N–H and O–H groups in total. The van der Waals surface area contributed by atoms with Crippen LogP contribution >= 0.6 is 0 Å². The van der Waals surface area contributed by atoms with Gasteiger partial charge in [-0.1, -0.05) is 0 Å². The monoisotopic (exact) mass is 407 g/mol. The molecule has 1 saturated heterocycles. The van der Waals surface area contributed by atoms with Crippen molar-refractivity contribution >= 4 is 28.4 Å². The van der Waals surface area contributed by atoms with Crippen molar-refractivity contribution in [3.63, 3.8) is 0 Å². The molecule has 0 aromatic carbocycles. The van der Waals surface area contributed by atoms with E-state index in [1.165, 1.54) is 0 Å². The summed E-state index contributed by atoms with van der Waals surface area (Å²) in [4.78, 5) is 19.8. The van der Waals surface area contributed by atoms with Crippen molar-refractivity contribution in [3.05, 3.63) is 36.8 Å². The summed E-state index contributed by atoms with van der Waals surface area (Å²) in [7, 11) is 3.73. The Morgan fingerprint density at radius 3 is 2.83 bits per heavy atom. The van der Waals surface area contributed by atoms with Gasteiger partial charge in [-0.2, -0.15) is 4.98 Å². The third kappa shape index (κ3) is 3.28. The molecular weight excluding hydrogens is 385 g/mol. The van der Waals surface area contributed by atoms with E-state index in [2.05, 4.69) is 35.7 Å². The quantitative estimate of drug-likeness (QED) is 0.532. The predicted octanol–water partition coefficient (Wildman–Crippen LogP) is 2.23. The molecule has 10 heteroatoms. The number of aromatic nitrogens is 6. The van der Waals surface area contributed by atoms with Crippen LogP contribution in [0.25, 0.3) is 27.9 Å². The number of halogens is 1. The maximum absolute atomic E-state index is 14.4. The molecule has 4 aromatic heterocycles. The Kier molecular flexibility index (Phi) is 4.62. The number of hydrogen-bond donors (Lipinski definition) is 2. The SMILES string of the molecule is CNc1nc(N[C@@H]2CCN(C)C[C@@H]2F)nn2ccc(-c3ccc4nccnc4n3)c12. The lowest BCUT2D eigenvalue weighted by atomic mass is 10.0. The molecule has 154 valence electrons. The van der Waals surface area contributed by atoms with Crippen LogP contribution in [0.2, 0.25) is 0 Å². The Balaban J connectivity index is 1.52. The van der Waals surface area contributed by atoms with Crippen LogP contribution in [-0.2, 0) is 0 Å². The molecule has 1 aliphatic heterocycles. The molecule has 1 fully saturated rings. The average molecular weight is 407 g/mol. The smallest absolute Gasteiger partial charge is 0.243 e. The first-order valence-electron chi connectivity index (χ1n) is 9.87. The maximum atomic E-state index is 14.4. The van der Waals surface area contributed by atoms with E-state index in [0.717, 1.165) is 28.8 Å². The summed E-state index contributed by atoms with van der Waals surface area (Å²) in [6.07, 6.45) is 4.85. The van der Waals surface area contributed by atoms with Crippen molar-refractivity contribution < 1.29 is 4.39 Å². The maximum Gasteiger partial charge on any atom is 0.243 e. The van der Waals surface area contributed by atoms with Gasteiger partial charge < -0.3 is 15.5 Å². The van der Waals surface area contributed by atoms with E-state index in [0.29, 0.717) is 30.4 Å². The van der Waals surface area contributed by atoms with Gasteiger partial charge in [-0.25, -0.2) is 18.9 Å². The number of likely N-dealkylation sites (tertiary alicyclic amines) is 1. The molecule has 9 nitrogen and oxygen atoms in total. The molecule has 0 radical (unpaired) electrons. The molecule has 30 heavy (non-hydrogen) atoms. The predicted molar refractivity (Wildman–Crippen MR) is 113 cm³/mol. The van der Waals surface area contributed by atoms with Crippen molar-refractivity contribution in [2.24, 2.45) is 0 Å². The summed E-state index contributed by atoms with van der Waals surface area (Å²) < 4.78 is 16.2. The van der Waals surface area contributed by atoms with Crippen molar-refractivity contribution in [3.8, 4) is 11.3 Å². The minimum absolute atomic E-state index is 0.306. The molecule has 0 spiro atoms. The van der Waals surface area contributed by atoms with Crippen LogP contribution in [0.1, 0.15) is 6.42 Å². The van der Waals surface area contributed by atoms with Crippen molar-refractivity contribution in [1.82, 2.24) is 34.4 Å². The van der Waals surface area contributed by atoms with E-state index >= 15 is 0 Å². The van der Waals surface area contributed by atoms with Gasteiger partial charge in [-0.15, -0.1) is 5.10 Å². The Morgan fingerprint density at radius 1 is 1.13 bits per heavy atom. The number of fused-ring (bicyclic) bond motifs is 2. The summed E-state index contributed by atoms with van der Waals surface area (Å²) in [5.41, 5.74) is 3.74. The number of rotatable bonds is 4. The molecule has 0 saturated carbocycles. The molecule has 1 aliphatic rings. The first kappa shape index (κ1) is 18.6. The van der Waals surface area contributed by atoms with Gasteiger partial charge in [0.1, 0.15) is 17.2 Å². The van der Waals surface area contributed by atoms with Gasteiger partial charge in [0.25, 0.3) is 0 Å². The van der Waals surface area contributed by atoms with Gasteiger partial charge in [0.2, 0.25) is 5.95 Å². The number of anilines is 2. The summed E-state index contributed by atoms with van der Waals surface area (Å²) in [6.45, 7) is 1.24. The average Bonchev–Trinajstić information content (AvgIpc) is 3.19. The Bertz CT molecular complexity index is 1210. The Morgan fingerprint density at radius 2 is 2.00 bits per heavy atom. The fourth-order valence-corrected chi connectivity index (χ4v) is 3.86. The highest BCUT2D eigenvalue weighted by Gasteiger charge is 2.28. The van der Waals surface area contributed by atoms with Crippen LogP contribution in [0.3, 0.4) is 0 Å². The van der Waals surface area contributed by atoms with E-state index in [1.807, 2.05) is 36.3 Å². The lowest BCUT2D eigenvalue weighted by molar-refractivity contribution is 0.149. The third-order valence-electron chi connectivity index (χ3n) is 5.41. The Hall–Kier alpha value is -3.40. The van der Waals surface area contributed by atoms with Gasteiger partial charge >= 0.3 is 0 Å². The van der Waals surface area contributed by atoms with Crippen LogP contribution in [0.15, 0.2) is 36.8 Å². The fraction of sp³-hybridized carbons (Fsp3) is 0.350. The Labute approximate surface area is 172 Å². The van der Waals surface area contributed by atoms with E-state index in [4.69, 9.17) is 0 Å². The third-order valence-corrected chi connectivity index (χ3v) is 5.41. The lowest BCUT2D eigenvalue weighted by Crippen LogP contribution is -2.46. The highest BCUT2D eigenvalue weighted by molar-refractivity contribution is 5.89. The molecule has 2 atom stereocenters. The first-order valence-corrected chi connectivity index (χ1v) is 9.87. The number of hydrogen-bond acceptors (Lipinski definition) is 8. The minimum Gasteiger partial charge on any atom is -0.371 e. The zero-order chi connectivity index (χ0) is 20.7. The second kappa shape index (κ2) is 7.45. The van der Waals surface area contributed by atoms with Gasteiger partial charge in [0.05, 0.1) is 11.7 Å². The molecule has 0 aliphatic carbocycles. The normalized spacial score (nSPS) is 20.0. The topological polar surface area (TPSA) is 96.2 Å². The highest BCUT2D eigenvalue weighted by Crippen LogP contribution is 2.30. The zero-order valence-electron chi connectivity index (χ0n) is 16.7. The van der Waals surface area contributed by atoms with E-state index < -0.39 is 6.17 Å². The van der Waals surface area contributed by atoms with Crippen molar-refractivity contribution in [1.29, 1.82) is 0 Å². The zero-order valence-corrected chi connectivity index (χ0v) is 16.7. The number of alkyl halides is 1. The molecule has 4 aromatic rings. The van der Waals surface area contributed by atoms with Crippen LogP contribution in [-0.4, -0.2) is 73.8 Å². The molecule has 5 rings (SSSR count). The minimum atomic E-state index is -0.968. The van der Waals surface area contributed by atoms with Crippen LogP contribution in [0.4, 0.5) is 16.2 Å². The number of nitrogens with one attached hydrogen (secondary N) is 2. The van der Waals surface area contributed by atoms with Gasteiger partial charge in [0.15, 0.2) is 11.5 Å². The van der Waals surface area contributed by atoms with Crippen LogP contribution in [0.5, 0.6) is 0 Å². The van der Waals surface area contributed by atoms with Crippen LogP contribution in [0, 0.1) is 0 Å². The summed E-state index contributed by atoms with van der Waals surface area (Å²) in [5, 5.41) is 10.9. The summed E-state index contributed by atoms with van der Waals surface area (Å²) in [5.74, 6) is 1.03. The standard InChI is InChI=1S/C20H22FN9/c1-22-19-17-12(14-3-4-16-18(25-14)24-8-7-23-16)5-10-30(17)28-20(27-19)26-15-6-9-29(2)11-13(15)21/h3-5,7-8,10,13,15H,6,9,11H2,1-2H3,(H2,22,26,27,28)/t13-,15+/m0/s1. The molecule has 0 amide bonds. The van der Waals surface area contributed by atoms with Crippen LogP contribution < -0.4 is 10.6 Å². The van der Waals surface area contributed by atoms with Gasteiger partial charge in [-0.05, 0) is 31.7 Å². The van der Waals surface area contributed by atoms with E-state index in [-0.39, 0.29) is 6.04 Å². The molecular formula is C20H22FN9. The molecule has 0 bridgehead atoms. The van der Waals surface area contributed by atoms with Gasteiger partial charge in [0, 0.05) is 44.3 Å². The second-order valence-corrected chi connectivity index (χ2v) is 7.47. The number of nitrogens with zero attached hydrogens (tertiary/aromatic N) is 7. The van der Waals surface area contributed by atoms with E-state index in [9.17, 15) is 4.39 Å². The van der Waals surface area contributed by atoms with E-state index in [1.54, 1.807) is 24.0 Å². The molecule has 5 heterocycles. The second-order valence-electron chi connectivity index (χ2n) is 7.47. The first-order chi connectivity index (χ1) is 14.6. The molecule has 0 unspecified atom stereocenters. The number of piperidine rings is 1. The van der Waals surface area contributed by atoms with Crippen molar-refractivity contribution in [2.75, 3.05) is 37.8 Å². The highest BCUT2D eigenvalue weighted by atomic mass is 19.1. The lowest BCUT2D eigenvalue weighted by Gasteiger charge is -2.32. The van der Waals surface area contributed by atoms with Gasteiger partial charge in [-0.3, -0.25) is 4.98 Å². The fourth-order valence-electron chi connectivity index (χ4n) is 3.86. The summed E-state index contributed by atoms with van der Waals surface area (Å²) >= 11 is 0.